The van der Waals surface area contributed by atoms with E-state index in [9.17, 15) is 10.1 Å². The van der Waals surface area contributed by atoms with E-state index in [1.807, 2.05) is 30.3 Å². The second kappa shape index (κ2) is 6.85. The van der Waals surface area contributed by atoms with Crippen molar-refractivity contribution in [3.05, 3.63) is 74.8 Å². The fraction of sp³-hybridized carbons (Fsp3) is 0.133. The predicted molar refractivity (Wildman–Crippen MR) is 81.5 cm³/mol. The average Bonchev–Trinajstić information content (AvgIpc) is 2.48. The fourth-order valence-electron chi connectivity index (χ4n) is 1.71. The van der Waals surface area contributed by atoms with Gasteiger partial charge in [0.1, 0.15) is 11.6 Å². The lowest BCUT2D eigenvalue weighted by atomic mass is 10.1. The molecule has 21 heavy (non-hydrogen) atoms. The first-order valence-electron chi connectivity index (χ1n) is 6.22. The smallest absolute Gasteiger partial charge is 0.288 e. The Kier molecular flexibility index (Phi) is 4.90. The van der Waals surface area contributed by atoms with Crippen LogP contribution in [0, 0.1) is 10.1 Å². The van der Waals surface area contributed by atoms with Crippen LogP contribution < -0.4 is 0 Å². The Morgan fingerprint density at radius 1 is 1.29 bits per heavy atom. The molecule has 2 aromatic carbocycles. The first-order valence-corrected chi connectivity index (χ1v) is 6.60. The Labute approximate surface area is 127 Å². The van der Waals surface area contributed by atoms with Gasteiger partial charge in [0.05, 0.1) is 10.6 Å². The number of hydrogen-bond acceptors (Lipinski definition) is 4. The molecule has 0 unspecified atom stereocenters. The molecule has 0 N–H and O–H groups in total. The number of rotatable bonds is 5. The van der Waals surface area contributed by atoms with E-state index in [-0.39, 0.29) is 10.7 Å². The lowest BCUT2D eigenvalue weighted by molar-refractivity contribution is -0.384. The van der Waals surface area contributed by atoms with Crippen molar-refractivity contribution < 1.29 is 9.76 Å². The molecule has 0 saturated heterocycles. The van der Waals surface area contributed by atoms with E-state index in [0.29, 0.717) is 17.9 Å². The number of nitrogens with zero attached hydrogens (tertiary/aromatic N) is 2. The Hall–Kier alpha value is -2.40. The van der Waals surface area contributed by atoms with Gasteiger partial charge < -0.3 is 4.84 Å². The van der Waals surface area contributed by atoms with Gasteiger partial charge in [0, 0.05) is 11.6 Å². The highest BCUT2D eigenvalue weighted by Crippen LogP contribution is 2.25. The number of benzene rings is 2. The van der Waals surface area contributed by atoms with Crippen molar-refractivity contribution in [2.45, 2.75) is 13.5 Å². The highest BCUT2D eigenvalue weighted by atomic mass is 35.5. The summed E-state index contributed by atoms with van der Waals surface area (Å²) in [6.45, 7) is 2.06. The molecule has 0 aliphatic rings. The molecule has 0 amide bonds. The van der Waals surface area contributed by atoms with E-state index in [1.54, 1.807) is 13.0 Å². The van der Waals surface area contributed by atoms with Crippen LogP contribution in [0.5, 0.6) is 0 Å². The van der Waals surface area contributed by atoms with Crippen molar-refractivity contribution in [1.82, 2.24) is 0 Å². The number of halogens is 1. The first-order chi connectivity index (χ1) is 10.1. The molecule has 0 aliphatic carbocycles. The molecule has 0 fully saturated rings. The molecule has 0 bridgehead atoms. The molecule has 2 rings (SSSR count). The normalized spacial score (nSPS) is 11.2. The van der Waals surface area contributed by atoms with E-state index in [4.69, 9.17) is 16.4 Å². The molecule has 0 spiro atoms. The van der Waals surface area contributed by atoms with Crippen LogP contribution in [0.3, 0.4) is 0 Å². The molecular formula is C15H13ClN2O3. The summed E-state index contributed by atoms with van der Waals surface area (Å²) in [7, 11) is 0. The Morgan fingerprint density at radius 3 is 2.67 bits per heavy atom. The van der Waals surface area contributed by atoms with Crippen molar-refractivity contribution in [3.8, 4) is 0 Å². The van der Waals surface area contributed by atoms with Crippen LogP contribution >= 0.6 is 11.6 Å². The fourth-order valence-corrected chi connectivity index (χ4v) is 1.89. The minimum Gasteiger partial charge on any atom is -0.391 e. The van der Waals surface area contributed by atoms with E-state index in [2.05, 4.69) is 5.16 Å². The van der Waals surface area contributed by atoms with Crippen molar-refractivity contribution in [2.24, 2.45) is 5.16 Å². The third-order valence-electron chi connectivity index (χ3n) is 2.84. The monoisotopic (exact) mass is 304 g/mol. The van der Waals surface area contributed by atoms with Crippen molar-refractivity contribution in [3.63, 3.8) is 0 Å². The van der Waals surface area contributed by atoms with Crippen LogP contribution in [0.25, 0.3) is 0 Å². The maximum atomic E-state index is 10.8. The molecule has 108 valence electrons. The lowest BCUT2D eigenvalue weighted by Gasteiger charge is -2.03. The summed E-state index contributed by atoms with van der Waals surface area (Å²) in [5, 5.41) is 14.9. The molecule has 5 nitrogen and oxygen atoms in total. The van der Waals surface area contributed by atoms with Crippen LogP contribution in [-0.2, 0) is 11.4 Å². The summed E-state index contributed by atoms with van der Waals surface area (Å²) >= 11 is 5.77. The van der Waals surface area contributed by atoms with Gasteiger partial charge in [-0.15, -0.1) is 0 Å². The molecular weight excluding hydrogens is 292 g/mol. The van der Waals surface area contributed by atoms with Crippen LogP contribution in [0.4, 0.5) is 5.69 Å². The van der Waals surface area contributed by atoms with Gasteiger partial charge in [0.15, 0.2) is 0 Å². The highest BCUT2D eigenvalue weighted by Gasteiger charge is 2.13. The summed E-state index contributed by atoms with van der Waals surface area (Å²) in [4.78, 5) is 15.6. The van der Waals surface area contributed by atoms with E-state index >= 15 is 0 Å². The van der Waals surface area contributed by atoms with Gasteiger partial charge in [0.2, 0.25) is 0 Å². The molecule has 0 aliphatic heterocycles. The Morgan fingerprint density at radius 2 is 2.00 bits per heavy atom. The van der Waals surface area contributed by atoms with Crippen molar-refractivity contribution in [2.75, 3.05) is 0 Å². The molecule has 0 heterocycles. The van der Waals surface area contributed by atoms with Gasteiger partial charge in [-0.2, -0.15) is 0 Å². The minimum absolute atomic E-state index is 0.0988. The quantitative estimate of drug-likeness (QED) is 0.472. The summed E-state index contributed by atoms with van der Waals surface area (Å²) in [6.07, 6.45) is 0. The van der Waals surface area contributed by atoms with Crippen molar-refractivity contribution >= 4 is 23.0 Å². The maximum absolute atomic E-state index is 10.8. The molecule has 2 aromatic rings. The number of hydrogen-bond donors (Lipinski definition) is 0. The second-order valence-corrected chi connectivity index (χ2v) is 4.77. The van der Waals surface area contributed by atoms with Crippen LogP contribution in [0.2, 0.25) is 5.02 Å². The summed E-state index contributed by atoms with van der Waals surface area (Å²) in [6, 6.07) is 14.1. The first kappa shape index (κ1) is 15.0. The summed E-state index contributed by atoms with van der Waals surface area (Å²) < 4.78 is 0. The van der Waals surface area contributed by atoms with Gasteiger partial charge in [-0.1, -0.05) is 53.2 Å². The molecule has 6 heteroatoms. The molecule has 0 radical (unpaired) electrons. The van der Waals surface area contributed by atoms with Crippen molar-refractivity contribution in [1.29, 1.82) is 0 Å². The third kappa shape index (κ3) is 4.03. The number of nitro groups is 1. The van der Waals surface area contributed by atoms with Gasteiger partial charge in [0.25, 0.3) is 5.69 Å². The second-order valence-electron chi connectivity index (χ2n) is 4.36. The highest BCUT2D eigenvalue weighted by molar-refractivity contribution is 6.32. The summed E-state index contributed by atoms with van der Waals surface area (Å²) in [5.41, 5.74) is 1.99. The molecule has 0 atom stereocenters. The molecule has 0 saturated carbocycles. The van der Waals surface area contributed by atoms with Crippen LogP contribution in [0.15, 0.2) is 53.7 Å². The van der Waals surface area contributed by atoms with E-state index in [0.717, 1.165) is 5.56 Å². The van der Waals surface area contributed by atoms with Crippen LogP contribution in [-0.4, -0.2) is 10.6 Å². The Bertz CT molecular complexity index is 672. The SMILES string of the molecule is C/C(=N\OCc1ccccc1)c1ccc(Cl)c([N+](=O)[O-])c1. The van der Waals surface area contributed by atoms with E-state index < -0.39 is 4.92 Å². The lowest BCUT2D eigenvalue weighted by Crippen LogP contribution is -1.99. The average molecular weight is 305 g/mol. The van der Waals surface area contributed by atoms with Crippen LogP contribution in [0.1, 0.15) is 18.1 Å². The Balaban J connectivity index is 2.09. The zero-order chi connectivity index (χ0) is 15.2. The molecule has 0 aromatic heterocycles. The maximum Gasteiger partial charge on any atom is 0.288 e. The largest absolute Gasteiger partial charge is 0.391 e. The zero-order valence-corrected chi connectivity index (χ0v) is 12.1. The summed E-state index contributed by atoms with van der Waals surface area (Å²) in [5.74, 6) is 0. The minimum atomic E-state index is -0.524. The predicted octanol–water partition coefficient (Wildman–Crippen LogP) is 4.19. The van der Waals surface area contributed by atoms with Gasteiger partial charge in [-0.3, -0.25) is 10.1 Å². The van der Waals surface area contributed by atoms with Gasteiger partial charge in [-0.25, -0.2) is 0 Å². The topological polar surface area (TPSA) is 64.7 Å². The third-order valence-corrected chi connectivity index (χ3v) is 3.16. The standard InChI is InChI=1S/C15H13ClN2O3/c1-11(17-21-10-12-5-3-2-4-6-12)13-7-8-14(16)15(9-13)18(19)20/h2-9H,10H2,1H3/b17-11+. The number of oxime groups is 1. The van der Waals surface area contributed by atoms with Gasteiger partial charge in [-0.05, 0) is 18.6 Å². The van der Waals surface area contributed by atoms with Gasteiger partial charge >= 0.3 is 0 Å². The zero-order valence-electron chi connectivity index (χ0n) is 11.3. The number of nitro benzene ring substituents is 1. The van der Waals surface area contributed by atoms with E-state index in [1.165, 1.54) is 12.1 Å².